The molecule has 1 aromatic heterocycles. The van der Waals surface area contributed by atoms with E-state index in [1.807, 2.05) is 62.3 Å². The minimum atomic E-state index is -0.127. The number of aryl methyl sites for hydroxylation is 1. The van der Waals surface area contributed by atoms with Crippen LogP contribution in [0.5, 0.6) is 0 Å². The molecule has 1 unspecified atom stereocenters. The summed E-state index contributed by atoms with van der Waals surface area (Å²) >= 11 is 6.35. The van der Waals surface area contributed by atoms with E-state index in [0.717, 1.165) is 22.5 Å². The molecule has 0 aliphatic carbocycles. The third-order valence-electron chi connectivity index (χ3n) is 5.00. The molecule has 0 bridgehead atoms. The van der Waals surface area contributed by atoms with Gasteiger partial charge in [0.2, 0.25) is 5.91 Å². The van der Waals surface area contributed by atoms with Gasteiger partial charge in [0.25, 0.3) is 5.89 Å². The average molecular weight is 397 g/mol. The number of amides is 1. The number of para-hydroxylation sites is 1. The van der Waals surface area contributed by atoms with Crippen LogP contribution in [0.4, 0.5) is 11.4 Å². The Hall–Kier alpha value is -2.86. The number of nitrogens with zero attached hydrogens (tertiary/aromatic N) is 4. The van der Waals surface area contributed by atoms with Crippen LogP contribution in [0.2, 0.25) is 5.02 Å². The maximum atomic E-state index is 12.6. The second-order valence-electron chi connectivity index (χ2n) is 7.21. The molecule has 0 saturated carbocycles. The second-order valence-corrected chi connectivity index (χ2v) is 7.62. The van der Waals surface area contributed by atoms with Crippen molar-refractivity contribution in [3.63, 3.8) is 0 Å². The molecule has 6 nitrogen and oxygen atoms in total. The van der Waals surface area contributed by atoms with Crippen molar-refractivity contribution in [3.8, 4) is 11.5 Å². The zero-order valence-electron chi connectivity index (χ0n) is 16.0. The Bertz CT molecular complexity index is 1010. The Balaban J connectivity index is 1.59. The SMILES string of the molecule is Cc1cccc(Cl)c1N1CC(c2noc(-c3cccc(N(C)C)c3)n2)CC1=O. The minimum absolute atomic E-state index is 0.0159. The Morgan fingerprint density at radius 1 is 1.21 bits per heavy atom. The molecular weight excluding hydrogens is 376 g/mol. The highest BCUT2D eigenvalue weighted by Crippen LogP contribution is 2.37. The monoisotopic (exact) mass is 396 g/mol. The second kappa shape index (κ2) is 7.28. The van der Waals surface area contributed by atoms with Crippen molar-refractivity contribution in [3.05, 3.63) is 58.9 Å². The Morgan fingerprint density at radius 3 is 2.75 bits per heavy atom. The number of benzene rings is 2. The molecule has 1 aliphatic heterocycles. The van der Waals surface area contributed by atoms with Crippen LogP contribution >= 0.6 is 11.6 Å². The van der Waals surface area contributed by atoms with E-state index >= 15 is 0 Å². The lowest BCUT2D eigenvalue weighted by molar-refractivity contribution is -0.117. The smallest absolute Gasteiger partial charge is 0.258 e. The molecule has 3 aromatic rings. The van der Waals surface area contributed by atoms with Gasteiger partial charge in [-0.15, -0.1) is 0 Å². The highest BCUT2D eigenvalue weighted by Gasteiger charge is 2.36. The normalized spacial score (nSPS) is 16.6. The van der Waals surface area contributed by atoms with E-state index in [0.29, 0.717) is 29.7 Å². The molecule has 144 valence electrons. The first-order chi connectivity index (χ1) is 13.4. The predicted molar refractivity (Wildman–Crippen MR) is 110 cm³/mol. The maximum absolute atomic E-state index is 12.6. The lowest BCUT2D eigenvalue weighted by Gasteiger charge is -2.20. The standard InChI is InChI=1S/C21H21ClN4O2/c1-13-6-4-9-17(22)19(13)26-12-15(11-18(26)27)20-23-21(28-24-20)14-7-5-8-16(10-14)25(2)3/h4-10,15H,11-12H2,1-3H3. The highest BCUT2D eigenvalue weighted by molar-refractivity contribution is 6.34. The summed E-state index contributed by atoms with van der Waals surface area (Å²) in [5.74, 6) is 0.893. The number of aromatic nitrogens is 2. The van der Waals surface area contributed by atoms with Crippen molar-refractivity contribution >= 4 is 28.9 Å². The molecule has 1 fully saturated rings. The summed E-state index contributed by atoms with van der Waals surface area (Å²) in [6, 6.07) is 13.5. The van der Waals surface area contributed by atoms with Crippen molar-refractivity contribution in [2.45, 2.75) is 19.3 Å². The van der Waals surface area contributed by atoms with Gasteiger partial charge in [0.15, 0.2) is 5.82 Å². The number of halogens is 1. The van der Waals surface area contributed by atoms with Gasteiger partial charge in [-0.2, -0.15) is 4.98 Å². The van der Waals surface area contributed by atoms with E-state index < -0.39 is 0 Å². The molecule has 1 saturated heterocycles. The van der Waals surface area contributed by atoms with Crippen molar-refractivity contribution in [1.29, 1.82) is 0 Å². The summed E-state index contributed by atoms with van der Waals surface area (Å²) < 4.78 is 5.49. The molecule has 4 rings (SSSR count). The van der Waals surface area contributed by atoms with Crippen LogP contribution in [0.25, 0.3) is 11.5 Å². The molecular formula is C21H21ClN4O2. The van der Waals surface area contributed by atoms with E-state index in [1.165, 1.54) is 0 Å². The quantitative estimate of drug-likeness (QED) is 0.658. The third kappa shape index (κ3) is 3.36. The van der Waals surface area contributed by atoms with Crippen LogP contribution in [0.3, 0.4) is 0 Å². The van der Waals surface area contributed by atoms with E-state index in [2.05, 4.69) is 10.1 Å². The average Bonchev–Trinajstić information content (AvgIpc) is 3.29. The summed E-state index contributed by atoms with van der Waals surface area (Å²) in [4.78, 5) is 20.9. The van der Waals surface area contributed by atoms with Crippen molar-refractivity contribution in [1.82, 2.24) is 10.1 Å². The summed E-state index contributed by atoms with van der Waals surface area (Å²) in [6.45, 7) is 2.44. The zero-order valence-corrected chi connectivity index (χ0v) is 16.8. The summed E-state index contributed by atoms with van der Waals surface area (Å²) in [7, 11) is 3.96. The summed E-state index contributed by atoms with van der Waals surface area (Å²) in [6.07, 6.45) is 0.335. The van der Waals surface area contributed by atoms with Crippen LogP contribution in [-0.4, -0.2) is 36.7 Å². The number of hydrogen-bond donors (Lipinski definition) is 0. The van der Waals surface area contributed by atoms with Gasteiger partial charge in [-0.1, -0.05) is 35.0 Å². The molecule has 0 spiro atoms. The van der Waals surface area contributed by atoms with E-state index in [-0.39, 0.29) is 11.8 Å². The number of carbonyl (C=O) groups is 1. The number of carbonyl (C=O) groups excluding carboxylic acids is 1. The van der Waals surface area contributed by atoms with Crippen LogP contribution in [0.15, 0.2) is 47.0 Å². The molecule has 2 aromatic carbocycles. The summed E-state index contributed by atoms with van der Waals surface area (Å²) in [5.41, 5.74) is 3.64. The van der Waals surface area contributed by atoms with Gasteiger partial charge in [-0.05, 0) is 36.8 Å². The molecule has 1 atom stereocenters. The predicted octanol–water partition coefficient (Wildman–Crippen LogP) is 4.28. The fourth-order valence-corrected chi connectivity index (χ4v) is 3.82. The maximum Gasteiger partial charge on any atom is 0.258 e. The van der Waals surface area contributed by atoms with Crippen LogP contribution in [0, 0.1) is 6.92 Å². The molecule has 0 radical (unpaired) electrons. The lowest BCUT2D eigenvalue weighted by atomic mass is 10.1. The van der Waals surface area contributed by atoms with E-state index in [4.69, 9.17) is 16.1 Å². The molecule has 0 N–H and O–H groups in total. The largest absolute Gasteiger partial charge is 0.378 e. The van der Waals surface area contributed by atoms with Gasteiger partial charge >= 0.3 is 0 Å². The molecule has 7 heteroatoms. The van der Waals surface area contributed by atoms with Gasteiger partial charge in [0, 0.05) is 44.2 Å². The molecule has 2 heterocycles. The first-order valence-electron chi connectivity index (χ1n) is 9.11. The Labute approximate surface area is 168 Å². The topological polar surface area (TPSA) is 62.5 Å². The van der Waals surface area contributed by atoms with Gasteiger partial charge < -0.3 is 14.3 Å². The van der Waals surface area contributed by atoms with Crippen LogP contribution in [-0.2, 0) is 4.79 Å². The molecule has 28 heavy (non-hydrogen) atoms. The Morgan fingerprint density at radius 2 is 2.00 bits per heavy atom. The number of anilines is 2. The van der Waals surface area contributed by atoms with Crippen LogP contribution < -0.4 is 9.80 Å². The molecule has 1 aliphatic rings. The summed E-state index contributed by atoms with van der Waals surface area (Å²) in [5, 5.41) is 4.72. The zero-order chi connectivity index (χ0) is 19.8. The first kappa shape index (κ1) is 18.5. The van der Waals surface area contributed by atoms with Gasteiger partial charge in [0.1, 0.15) is 0 Å². The van der Waals surface area contributed by atoms with Gasteiger partial charge in [-0.25, -0.2) is 0 Å². The number of hydrogen-bond acceptors (Lipinski definition) is 5. The Kier molecular flexibility index (Phi) is 4.81. The lowest BCUT2D eigenvalue weighted by Crippen LogP contribution is -2.25. The van der Waals surface area contributed by atoms with E-state index in [1.54, 1.807) is 11.0 Å². The van der Waals surface area contributed by atoms with Gasteiger partial charge in [0.05, 0.1) is 10.7 Å². The first-order valence-corrected chi connectivity index (χ1v) is 9.48. The number of rotatable bonds is 4. The van der Waals surface area contributed by atoms with Crippen molar-refractivity contribution < 1.29 is 9.32 Å². The van der Waals surface area contributed by atoms with Crippen molar-refractivity contribution in [2.24, 2.45) is 0 Å². The fraction of sp³-hybridized carbons (Fsp3) is 0.286. The van der Waals surface area contributed by atoms with Crippen LogP contribution in [0.1, 0.15) is 23.7 Å². The minimum Gasteiger partial charge on any atom is -0.378 e. The third-order valence-corrected chi connectivity index (χ3v) is 5.30. The highest BCUT2D eigenvalue weighted by atomic mass is 35.5. The van der Waals surface area contributed by atoms with Crippen molar-refractivity contribution in [2.75, 3.05) is 30.4 Å². The molecule has 1 amide bonds. The van der Waals surface area contributed by atoms with E-state index in [9.17, 15) is 4.79 Å². The fourth-order valence-electron chi connectivity index (χ4n) is 3.50. The van der Waals surface area contributed by atoms with Gasteiger partial charge in [-0.3, -0.25) is 4.79 Å².